The van der Waals surface area contributed by atoms with Gasteiger partial charge in [0.2, 0.25) is 5.78 Å². The highest BCUT2D eigenvalue weighted by Crippen LogP contribution is 2.39. The standard InChI is InChI=1S/C27H23OS.C24BF20/c1-18(2)29(17-24(28)19-7-4-3-5-8-19)25-16-14-22-12-11-20-9-6-10-21-13-15-23(25)27(22)26(20)21;26-5-1(6(27)14(35)21(42)13(5)34)25(2-7(28)15(36)22(43)16(37)8(2)29,3-9(30)17(38)23(44)18(39)10(3)31)4-11(32)19(40)24(45)20(41)12(4)33/h3-16,18H,17H2,1-2H3;/q+1;-1. The van der Waals surface area contributed by atoms with E-state index in [2.05, 4.69) is 68.4 Å². The van der Waals surface area contributed by atoms with Crippen LogP contribution in [0.1, 0.15) is 24.2 Å². The Labute approximate surface area is 405 Å². The molecular formula is C51H23BF20OS. The molecule has 0 saturated heterocycles. The molecule has 1 nitrogen and oxygen atoms in total. The topological polar surface area (TPSA) is 17.1 Å². The van der Waals surface area contributed by atoms with Crippen LogP contribution in [0.25, 0.3) is 32.3 Å². The summed E-state index contributed by atoms with van der Waals surface area (Å²) in [6.07, 6.45) is -7.22. The fraction of sp³-hybridized carbons (Fsp3) is 0.0784. The molecule has 0 radical (unpaired) electrons. The minimum atomic E-state index is -7.22. The fourth-order valence-corrected chi connectivity index (χ4v) is 11.3. The van der Waals surface area contributed by atoms with Crippen molar-refractivity contribution in [1.29, 1.82) is 0 Å². The van der Waals surface area contributed by atoms with Crippen LogP contribution in [0.4, 0.5) is 87.8 Å². The molecule has 0 bridgehead atoms. The van der Waals surface area contributed by atoms with Crippen molar-refractivity contribution in [3.05, 3.63) is 207 Å². The van der Waals surface area contributed by atoms with Crippen LogP contribution in [0.2, 0.25) is 0 Å². The highest BCUT2D eigenvalue weighted by molar-refractivity contribution is 7.98. The second-order valence-electron chi connectivity index (χ2n) is 16.6. The van der Waals surface area contributed by atoms with Gasteiger partial charge in [-0.1, -0.05) is 66.7 Å². The van der Waals surface area contributed by atoms with Crippen molar-refractivity contribution in [3.63, 3.8) is 0 Å². The first kappa shape index (κ1) is 53.0. The molecule has 0 heterocycles. The van der Waals surface area contributed by atoms with Crippen LogP contribution in [0, 0.1) is 116 Å². The number of carbonyl (C=O) groups excluding carboxylic acids is 1. The maximum Gasteiger partial charge on any atom is 0.212 e. The molecule has 1 unspecified atom stereocenters. The number of ketones is 1. The van der Waals surface area contributed by atoms with Crippen LogP contribution >= 0.6 is 0 Å². The summed E-state index contributed by atoms with van der Waals surface area (Å²) in [5.41, 5.74) is -13.5. The monoisotopic (exact) mass is 1070 g/mol. The van der Waals surface area contributed by atoms with E-state index >= 15 is 35.1 Å². The molecule has 0 saturated carbocycles. The molecule has 9 rings (SSSR count). The lowest BCUT2D eigenvalue weighted by molar-refractivity contribution is 0.102. The highest BCUT2D eigenvalue weighted by Gasteiger charge is 2.52. The van der Waals surface area contributed by atoms with Crippen LogP contribution in [0.15, 0.2) is 89.8 Å². The molecule has 382 valence electrons. The van der Waals surface area contributed by atoms with Gasteiger partial charge < -0.3 is 0 Å². The number of benzene rings is 9. The second-order valence-corrected chi connectivity index (χ2v) is 19.2. The summed E-state index contributed by atoms with van der Waals surface area (Å²) < 4.78 is 294. The predicted octanol–water partition coefficient (Wildman–Crippen LogP) is 12.7. The molecule has 0 N–H and O–H groups in total. The SMILES string of the molecule is CC(C)[S+](CC(=O)c1ccccc1)c1ccc2ccc3cccc4ccc1c2c34.Fc1c(F)c(F)c([B-](c2c(F)c(F)c(F)c(F)c2F)(c2c(F)c(F)c(F)c(F)c2F)c2c(F)c(F)c(F)c(F)c2F)c(F)c1F. The minimum Gasteiger partial charge on any atom is -0.289 e. The average Bonchev–Trinajstić information content (AvgIpc) is 3.40. The third-order valence-electron chi connectivity index (χ3n) is 12.4. The Balaban J connectivity index is 0.000000215. The minimum absolute atomic E-state index is 0.152. The van der Waals surface area contributed by atoms with Crippen molar-refractivity contribution < 1.29 is 92.6 Å². The van der Waals surface area contributed by atoms with E-state index in [4.69, 9.17) is 0 Å². The van der Waals surface area contributed by atoms with Crippen molar-refractivity contribution in [1.82, 2.24) is 0 Å². The lowest BCUT2D eigenvalue weighted by Gasteiger charge is -2.44. The Morgan fingerprint density at radius 3 is 1.00 bits per heavy atom. The van der Waals surface area contributed by atoms with E-state index in [1.807, 2.05) is 30.3 Å². The quantitative estimate of drug-likeness (QED) is 0.0268. The van der Waals surface area contributed by atoms with E-state index in [0.717, 1.165) is 5.56 Å². The second kappa shape index (κ2) is 19.5. The molecule has 0 aliphatic heterocycles. The first-order valence-corrected chi connectivity index (χ1v) is 22.5. The molecule has 0 aliphatic rings. The van der Waals surface area contributed by atoms with Gasteiger partial charge >= 0.3 is 0 Å². The Hall–Kier alpha value is -7.30. The van der Waals surface area contributed by atoms with Gasteiger partial charge in [0.15, 0.2) is 80.5 Å². The van der Waals surface area contributed by atoms with E-state index in [-0.39, 0.29) is 16.7 Å². The van der Waals surface area contributed by atoms with E-state index in [0.29, 0.717) is 11.0 Å². The molecule has 0 amide bonds. The van der Waals surface area contributed by atoms with Crippen molar-refractivity contribution in [3.8, 4) is 0 Å². The van der Waals surface area contributed by atoms with Gasteiger partial charge in [-0.15, -0.1) is 21.9 Å². The number of Topliss-reactive ketones (excluding diaryl/α,β-unsaturated/α-hetero) is 1. The summed E-state index contributed by atoms with van der Waals surface area (Å²) in [4.78, 5) is 14.3. The molecule has 9 aromatic rings. The molecule has 1 atom stereocenters. The van der Waals surface area contributed by atoms with Gasteiger partial charge in [-0.3, -0.25) is 4.79 Å². The Morgan fingerprint density at radius 1 is 0.365 bits per heavy atom. The number of carbonyl (C=O) groups is 1. The zero-order chi connectivity index (χ0) is 54.3. The van der Waals surface area contributed by atoms with Crippen LogP contribution in [0.3, 0.4) is 0 Å². The maximum absolute atomic E-state index is 15.4. The third kappa shape index (κ3) is 7.95. The van der Waals surface area contributed by atoms with Crippen LogP contribution in [0.5, 0.6) is 0 Å². The number of rotatable bonds is 9. The molecule has 0 spiro atoms. The zero-order valence-electron chi connectivity index (χ0n) is 36.8. The van der Waals surface area contributed by atoms with Gasteiger partial charge in [-0.25, -0.2) is 87.8 Å². The predicted molar refractivity (Wildman–Crippen MR) is 236 cm³/mol. The largest absolute Gasteiger partial charge is 0.289 e. The van der Waals surface area contributed by atoms with E-state index < -0.39 is 144 Å². The number of halogens is 20. The van der Waals surface area contributed by atoms with Crippen molar-refractivity contribution in [2.75, 3.05) is 5.75 Å². The number of hydrogen-bond donors (Lipinski definition) is 0. The molecular weight excluding hydrogens is 1050 g/mol. The van der Waals surface area contributed by atoms with Gasteiger partial charge in [-0.05, 0) is 53.6 Å². The van der Waals surface area contributed by atoms with Crippen molar-refractivity contribution in [2.24, 2.45) is 0 Å². The summed E-state index contributed by atoms with van der Waals surface area (Å²) in [6.45, 7) is 4.47. The molecule has 9 aromatic carbocycles. The smallest absolute Gasteiger partial charge is 0.212 e. The summed E-state index contributed by atoms with van der Waals surface area (Å²) in [5, 5.41) is 8.21. The zero-order valence-corrected chi connectivity index (χ0v) is 37.6. The first-order valence-electron chi connectivity index (χ1n) is 21.0. The fourth-order valence-electron chi connectivity index (χ4n) is 9.16. The van der Waals surface area contributed by atoms with Crippen molar-refractivity contribution >= 4 is 77.0 Å². The lowest BCUT2D eigenvalue weighted by atomic mass is 9.12. The summed E-state index contributed by atoms with van der Waals surface area (Å²) >= 11 is 0. The van der Waals surface area contributed by atoms with Gasteiger partial charge in [0, 0.05) is 27.2 Å². The van der Waals surface area contributed by atoms with Gasteiger partial charge in [-0.2, -0.15) is 0 Å². The molecule has 0 aromatic heterocycles. The molecule has 0 fully saturated rings. The first-order chi connectivity index (χ1) is 34.8. The Kier molecular flexibility index (Phi) is 14.0. The molecule has 0 aliphatic carbocycles. The average molecular weight is 1070 g/mol. The lowest BCUT2D eigenvalue weighted by Crippen LogP contribution is -2.81. The maximum atomic E-state index is 15.4. The van der Waals surface area contributed by atoms with Gasteiger partial charge in [0.25, 0.3) is 0 Å². The van der Waals surface area contributed by atoms with Crippen molar-refractivity contribution in [2.45, 2.75) is 24.0 Å². The van der Waals surface area contributed by atoms with E-state index in [1.165, 1.54) is 37.2 Å². The summed E-state index contributed by atoms with van der Waals surface area (Å²) in [6, 6.07) is 29.6. The van der Waals surface area contributed by atoms with Crippen LogP contribution in [-0.4, -0.2) is 22.9 Å². The highest BCUT2D eigenvalue weighted by atomic mass is 32.2. The Bertz CT molecular complexity index is 3380. The Morgan fingerprint density at radius 2 is 0.662 bits per heavy atom. The summed E-state index contributed by atoms with van der Waals surface area (Å²) in [5.74, 6) is -70.6. The summed E-state index contributed by atoms with van der Waals surface area (Å²) in [7, 11) is -0.152. The molecule has 74 heavy (non-hydrogen) atoms. The normalized spacial score (nSPS) is 12.4. The van der Waals surface area contributed by atoms with Gasteiger partial charge in [0.1, 0.15) is 57.9 Å². The number of hydrogen-bond acceptors (Lipinski definition) is 1. The van der Waals surface area contributed by atoms with E-state index in [9.17, 15) is 57.5 Å². The van der Waals surface area contributed by atoms with Gasteiger partial charge in [0.05, 0.1) is 0 Å². The third-order valence-corrected chi connectivity index (χ3v) is 15.1. The van der Waals surface area contributed by atoms with E-state index in [1.54, 1.807) is 0 Å². The van der Waals surface area contributed by atoms with Crippen LogP contribution < -0.4 is 21.9 Å². The molecule has 23 heteroatoms. The van der Waals surface area contributed by atoms with Crippen LogP contribution in [-0.2, 0) is 10.9 Å².